The number of hydrogen-bond acceptors (Lipinski definition) is 17. The van der Waals surface area contributed by atoms with Gasteiger partial charge in [0.05, 0.1) is 24.8 Å². The minimum atomic E-state index is -0.494. The SMILES string of the molecule is C.CC(C)(C)OC(=O)NCCCCCCN(CCN(CCCN)CCCN)CCN(CCCN)CCCN.[C-]#[N+]CCN(CCC#N)CCN(CCCCCCNC(=O)OC(C)(C)C)CCN(CCC#N)CCC#N. The summed E-state index contributed by atoms with van der Waals surface area (Å²) >= 11 is 0. The van der Waals surface area contributed by atoms with Crippen LogP contribution < -0.4 is 33.6 Å². The Morgan fingerprint density at radius 2 is 0.680 bits per heavy atom. The summed E-state index contributed by atoms with van der Waals surface area (Å²) in [6, 6.07) is 6.57. The first-order valence-corrected chi connectivity index (χ1v) is 28.0. The molecule has 0 aromatic rings. The second-order valence-corrected chi connectivity index (χ2v) is 20.9. The predicted octanol–water partition coefficient (Wildman–Crippen LogP) is 5.65. The van der Waals surface area contributed by atoms with Crippen LogP contribution in [0.5, 0.6) is 0 Å². The first-order chi connectivity index (χ1) is 35.5. The molecule has 0 atom stereocenters. The molecule has 0 spiro atoms. The maximum atomic E-state index is 11.8. The molecule has 0 heterocycles. The number of amides is 2. The van der Waals surface area contributed by atoms with Crippen LogP contribution in [0.3, 0.4) is 0 Å². The Labute approximate surface area is 458 Å². The molecule has 20 nitrogen and oxygen atoms in total. The molecule has 75 heavy (non-hydrogen) atoms. The van der Waals surface area contributed by atoms with Crippen molar-refractivity contribution in [3.63, 3.8) is 0 Å². The first-order valence-electron chi connectivity index (χ1n) is 28.0. The van der Waals surface area contributed by atoms with Crippen LogP contribution in [-0.2, 0) is 9.47 Å². The summed E-state index contributed by atoms with van der Waals surface area (Å²) in [5.41, 5.74) is 22.1. The fraction of sp³-hybridized carbons (Fsp3) is 0.891. The van der Waals surface area contributed by atoms with Gasteiger partial charge in [-0.2, -0.15) is 15.8 Å². The molecule has 10 N–H and O–H groups in total. The molecule has 0 aliphatic heterocycles. The zero-order chi connectivity index (χ0) is 55.6. The fourth-order valence-electron chi connectivity index (χ4n) is 7.86. The van der Waals surface area contributed by atoms with E-state index < -0.39 is 11.2 Å². The van der Waals surface area contributed by atoms with Crippen molar-refractivity contribution >= 4 is 12.2 Å². The molecular weight excluding hydrogens is 949 g/mol. The number of ether oxygens (including phenoxy) is 2. The normalized spacial score (nSPS) is 11.5. The van der Waals surface area contributed by atoms with Gasteiger partial charge < -0.3 is 72.4 Å². The van der Waals surface area contributed by atoms with Crippen molar-refractivity contribution in [2.75, 3.05) is 164 Å². The summed E-state index contributed by atoms with van der Waals surface area (Å²) in [6.07, 6.45) is 13.1. The van der Waals surface area contributed by atoms with Gasteiger partial charge >= 0.3 is 12.2 Å². The number of nitriles is 3. The van der Waals surface area contributed by atoms with E-state index >= 15 is 0 Å². The third-order valence-corrected chi connectivity index (χ3v) is 11.9. The van der Waals surface area contributed by atoms with E-state index in [0.29, 0.717) is 65.1 Å². The monoisotopic (exact) mass is 1060 g/mol. The Morgan fingerprint density at radius 3 is 0.947 bits per heavy atom. The molecule has 0 rings (SSSR count). The van der Waals surface area contributed by atoms with Gasteiger partial charge in [0.15, 0.2) is 0 Å². The molecule has 2 amide bonds. The number of nitrogens with one attached hydrogen (secondary N) is 2. The molecule has 0 unspecified atom stereocenters. The van der Waals surface area contributed by atoms with Crippen molar-refractivity contribution in [3.05, 3.63) is 11.4 Å². The molecule has 20 heteroatoms. The van der Waals surface area contributed by atoms with Crippen molar-refractivity contribution in [2.45, 2.75) is 156 Å². The minimum absolute atomic E-state index is 0. The average Bonchev–Trinajstić information content (AvgIpc) is 3.35. The molecule has 0 aromatic carbocycles. The van der Waals surface area contributed by atoms with E-state index in [0.717, 1.165) is 195 Å². The highest BCUT2D eigenvalue weighted by Gasteiger charge is 2.18. The second-order valence-electron chi connectivity index (χ2n) is 20.9. The Balaban J connectivity index is -0.00000136. The summed E-state index contributed by atoms with van der Waals surface area (Å²) in [5, 5.41) is 32.5. The summed E-state index contributed by atoms with van der Waals surface area (Å²) in [5.74, 6) is 0. The lowest BCUT2D eigenvalue weighted by Gasteiger charge is -2.30. The van der Waals surface area contributed by atoms with Crippen LogP contribution in [-0.4, -0.2) is 216 Å². The number of hydrogen-bond donors (Lipinski definition) is 6. The van der Waals surface area contributed by atoms with Crippen LogP contribution in [0.4, 0.5) is 9.59 Å². The number of unbranched alkanes of at least 4 members (excludes halogenated alkanes) is 6. The quantitative estimate of drug-likeness (QED) is 0.0318. The van der Waals surface area contributed by atoms with E-state index in [4.69, 9.17) is 54.8 Å². The van der Waals surface area contributed by atoms with Crippen LogP contribution >= 0.6 is 0 Å². The van der Waals surface area contributed by atoms with Gasteiger partial charge in [-0.3, -0.25) is 4.90 Å². The van der Waals surface area contributed by atoms with Gasteiger partial charge in [-0.1, -0.05) is 33.1 Å². The number of nitrogens with two attached hydrogens (primary N) is 4. The largest absolute Gasteiger partial charge is 0.444 e. The maximum absolute atomic E-state index is 11.8. The van der Waals surface area contributed by atoms with Crippen LogP contribution in [0, 0.1) is 40.6 Å². The van der Waals surface area contributed by atoms with Crippen LogP contribution in [0.25, 0.3) is 4.85 Å². The van der Waals surface area contributed by atoms with Crippen LogP contribution in [0.1, 0.15) is 145 Å². The molecule has 0 saturated carbocycles. The number of carbonyl (C=O) groups excluding carboxylic acids is 2. The van der Waals surface area contributed by atoms with Gasteiger partial charge in [0.2, 0.25) is 6.54 Å². The molecule has 0 aromatic heterocycles. The van der Waals surface area contributed by atoms with Crippen molar-refractivity contribution in [2.24, 2.45) is 22.9 Å². The molecule has 0 aliphatic carbocycles. The lowest BCUT2D eigenvalue weighted by Crippen LogP contribution is -2.42. The first kappa shape index (κ1) is 75.3. The third-order valence-electron chi connectivity index (χ3n) is 11.9. The van der Waals surface area contributed by atoms with E-state index in [2.05, 4.69) is 63.1 Å². The number of rotatable bonds is 46. The third kappa shape index (κ3) is 53.3. The topological polar surface area (TPSA) is 276 Å². The molecule has 0 radical (unpaired) electrons. The predicted molar refractivity (Wildman–Crippen MR) is 308 cm³/mol. The van der Waals surface area contributed by atoms with E-state index in [1.165, 1.54) is 0 Å². The van der Waals surface area contributed by atoms with E-state index in [1.807, 2.05) is 41.5 Å². The maximum Gasteiger partial charge on any atom is 0.407 e. The van der Waals surface area contributed by atoms with Crippen molar-refractivity contribution in [3.8, 4) is 18.2 Å². The number of nitrogens with zero attached hydrogens (tertiary/aromatic N) is 10. The van der Waals surface area contributed by atoms with Crippen molar-refractivity contribution in [1.82, 2.24) is 40.0 Å². The van der Waals surface area contributed by atoms with Crippen molar-refractivity contribution in [1.29, 1.82) is 15.8 Å². The summed E-state index contributed by atoms with van der Waals surface area (Å²) in [4.78, 5) is 41.4. The van der Waals surface area contributed by atoms with Crippen LogP contribution in [0.15, 0.2) is 0 Å². The lowest BCUT2D eigenvalue weighted by atomic mass is 10.2. The standard InChI is InChI=1S/C27H46N8O2.C27H62N8O2.CH4/c1-27(2,3)37-26(36)32-15-7-5-6-8-17-35(24-22-33(18-9-12-28)19-10-13-29)25-23-34(20-11-14-30)21-16-31-4;1-27(2,3)37-26(36)32-16-6-4-5-7-17-35(24-22-33(18-8-12-28)19-9-13-29)25-23-34(20-10-14-30)21-11-15-31;/h5-11,15-25H2,1-3H3,(H,32,36);4-25,28-31H2,1-3H3,(H,32,36);1H4. The van der Waals surface area contributed by atoms with Gasteiger partial charge in [0, 0.05) is 104 Å². The molecule has 0 aliphatic rings. The summed E-state index contributed by atoms with van der Waals surface area (Å²) in [6.45, 7) is 39.1. The molecule has 436 valence electrons. The smallest absolute Gasteiger partial charge is 0.407 e. The number of carbonyl (C=O) groups is 2. The van der Waals surface area contributed by atoms with Gasteiger partial charge in [-0.25, -0.2) is 16.2 Å². The highest BCUT2D eigenvalue weighted by Crippen LogP contribution is 2.10. The van der Waals surface area contributed by atoms with E-state index in [1.54, 1.807) is 0 Å². The average molecular weight is 1060 g/mol. The highest BCUT2D eigenvalue weighted by molar-refractivity contribution is 5.67. The van der Waals surface area contributed by atoms with Gasteiger partial charge in [0.1, 0.15) is 11.2 Å². The molecule has 0 fully saturated rings. The van der Waals surface area contributed by atoms with Gasteiger partial charge in [-0.15, -0.1) is 0 Å². The van der Waals surface area contributed by atoms with Gasteiger partial charge in [0.25, 0.3) is 0 Å². The molecule has 0 bridgehead atoms. The zero-order valence-electron chi connectivity index (χ0n) is 47.7. The number of alkyl carbamates (subject to hydrolysis) is 2. The molecule has 0 saturated heterocycles. The fourth-order valence-corrected chi connectivity index (χ4v) is 7.86. The zero-order valence-corrected chi connectivity index (χ0v) is 47.7. The molecular formula is C55H112N16O4. The second kappa shape index (κ2) is 52.2. The summed E-state index contributed by atoms with van der Waals surface area (Å²) in [7, 11) is 0. The van der Waals surface area contributed by atoms with Gasteiger partial charge in [-0.05, 0) is 158 Å². The Morgan fingerprint density at radius 1 is 0.427 bits per heavy atom. The van der Waals surface area contributed by atoms with E-state index in [-0.39, 0.29) is 19.6 Å². The van der Waals surface area contributed by atoms with Crippen LogP contribution in [0.2, 0.25) is 0 Å². The summed E-state index contributed by atoms with van der Waals surface area (Å²) < 4.78 is 10.5. The lowest BCUT2D eigenvalue weighted by molar-refractivity contribution is 0.0515. The Bertz CT molecular complexity index is 1380. The highest BCUT2D eigenvalue weighted by atomic mass is 16.6. The minimum Gasteiger partial charge on any atom is -0.444 e. The Hall–Kier alpha value is -3.90. The Kier molecular flexibility index (Phi) is 52.4. The van der Waals surface area contributed by atoms with Crippen molar-refractivity contribution < 1.29 is 19.1 Å². The van der Waals surface area contributed by atoms with E-state index in [9.17, 15) is 9.59 Å².